The van der Waals surface area contributed by atoms with E-state index in [9.17, 15) is 22.4 Å². The van der Waals surface area contributed by atoms with Gasteiger partial charge < -0.3 is 9.47 Å². The van der Waals surface area contributed by atoms with Crippen molar-refractivity contribution in [3.05, 3.63) is 83.2 Å². The first-order valence-corrected chi connectivity index (χ1v) is 11.1. The Bertz CT molecular complexity index is 1360. The first-order valence-electron chi connectivity index (χ1n) is 9.63. The van der Waals surface area contributed by atoms with Gasteiger partial charge in [-0.15, -0.1) is 0 Å². The molecule has 1 heterocycles. The Morgan fingerprint density at radius 1 is 0.909 bits per heavy atom. The number of rotatable bonds is 5. The predicted octanol–water partition coefficient (Wildman–Crippen LogP) is 2.74. The highest BCUT2D eigenvalue weighted by Gasteiger charge is 2.21. The molecule has 0 bridgehead atoms. The third kappa shape index (κ3) is 4.72. The number of anilines is 1. The van der Waals surface area contributed by atoms with E-state index in [0.717, 1.165) is 12.1 Å². The van der Waals surface area contributed by atoms with E-state index in [4.69, 9.17) is 9.47 Å². The molecule has 33 heavy (non-hydrogen) atoms. The van der Waals surface area contributed by atoms with Crippen LogP contribution in [0.15, 0.2) is 65.6 Å². The summed E-state index contributed by atoms with van der Waals surface area (Å²) in [6, 6.07) is 13.7. The molecule has 3 aromatic rings. The lowest BCUT2D eigenvalue weighted by molar-refractivity contribution is 0.0846. The minimum absolute atomic E-state index is 0.0115. The van der Waals surface area contributed by atoms with Crippen LogP contribution in [-0.4, -0.2) is 27.0 Å². The first kappa shape index (κ1) is 22.1. The van der Waals surface area contributed by atoms with Crippen molar-refractivity contribution >= 4 is 27.5 Å². The Hall–Kier alpha value is -4.12. The van der Waals surface area contributed by atoms with Crippen molar-refractivity contribution in [2.75, 3.05) is 11.5 Å². The zero-order chi connectivity index (χ0) is 23.6. The van der Waals surface area contributed by atoms with Crippen molar-refractivity contribution in [3.63, 3.8) is 0 Å². The van der Waals surface area contributed by atoms with Crippen molar-refractivity contribution in [2.45, 2.75) is 11.8 Å². The topological polar surface area (TPSA) is 123 Å². The number of aryl methyl sites for hydroxylation is 1. The van der Waals surface area contributed by atoms with Crippen LogP contribution in [0, 0.1) is 12.7 Å². The third-order valence-electron chi connectivity index (χ3n) is 4.81. The average Bonchev–Trinajstić information content (AvgIpc) is 3.27. The summed E-state index contributed by atoms with van der Waals surface area (Å²) >= 11 is 0. The molecule has 4 rings (SSSR count). The number of carbonyl (C=O) groups excluding carboxylic acids is 2. The molecule has 11 heteroatoms. The average molecular weight is 471 g/mol. The van der Waals surface area contributed by atoms with Gasteiger partial charge in [-0.25, -0.2) is 12.8 Å². The summed E-state index contributed by atoms with van der Waals surface area (Å²) in [6.07, 6.45) is 0. The van der Waals surface area contributed by atoms with Gasteiger partial charge in [-0.05, 0) is 55.0 Å². The van der Waals surface area contributed by atoms with E-state index in [-0.39, 0.29) is 28.5 Å². The summed E-state index contributed by atoms with van der Waals surface area (Å²) in [5.41, 5.74) is 5.01. The molecule has 0 aromatic heterocycles. The molecule has 0 atom stereocenters. The van der Waals surface area contributed by atoms with Gasteiger partial charge >= 0.3 is 0 Å². The van der Waals surface area contributed by atoms with E-state index < -0.39 is 27.7 Å². The highest BCUT2D eigenvalue weighted by molar-refractivity contribution is 7.92. The van der Waals surface area contributed by atoms with Gasteiger partial charge in [-0.1, -0.05) is 18.2 Å². The van der Waals surface area contributed by atoms with Gasteiger partial charge in [0.25, 0.3) is 21.8 Å². The Balaban J connectivity index is 1.48. The van der Waals surface area contributed by atoms with Crippen molar-refractivity contribution in [1.29, 1.82) is 0 Å². The summed E-state index contributed by atoms with van der Waals surface area (Å²) in [5, 5.41) is 0. The number of para-hydroxylation sites is 1. The number of ether oxygens (including phenoxy) is 2. The smallest absolute Gasteiger partial charge is 0.270 e. The molecule has 3 N–H and O–H groups in total. The van der Waals surface area contributed by atoms with Crippen molar-refractivity contribution in [1.82, 2.24) is 10.9 Å². The molecule has 0 fully saturated rings. The third-order valence-corrected chi connectivity index (χ3v) is 6.17. The molecule has 1 aliphatic rings. The van der Waals surface area contributed by atoms with E-state index in [2.05, 4.69) is 15.6 Å². The highest BCUT2D eigenvalue weighted by atomic mass is 32.2. The fourth-order valence-corrected chi connectivity index (χ4v) is 4.14. The molecule has 0 spiro atoms. The minimum atomic E-state index is -4.17. The predicted molar refractivity (Wildman–Crippen MR) is 116 cm³/mol. The lowest BCUT2D eigenvalue weighted by Crippen LogP contribution is -2.41. The first-order chi connectivity index (χ1) is 15.7. The Labute approximate surface area is 188 Å². The van der Waals surface area contributed by atoms with E-state index >= 15 is 0 Å². The molecular weight excluding hydrogens is 453 g/mol. The maximum Gasteiger partial charge on any atom is 0.270 e. The molecular formula is C22H18FN3O6S. The highest BCUT2D eigenvalue weighted by Crippen LogP contribution is 2.32. The summed E-state index contributed by atoms with van der Waals surface area (Å²) in [5.74, 6) is -1.16. The van der Waals surface area contributed by atoms with Gasteiger partial charge in [0.1, 0.15) is 5.82 Å². The largest absolute Gasteiger partial charge is 0.454 e. The lowest BCUT2D eigenvalue weighted by Gasteiger charge is -2.13. The zero-order valence-corrected chi connectivity index (χ0v) is 18.0. The van der Waals surface area contributed by atoms with E-state index in [1.54, 1.807) is 13.0 Å². The SMILES string of the molecule is Cc1ccc(S(=O)(=O)Nc2ccccc2F)cc1C(=O)NNC(=O)c1ccc2c(c1)OCO2. The second kappa shape index (κ2) is 8.79. The second-order valence-corrected chi connectivity index (χ2v) is 8.72. The number of hydrogen-bond donors (Lipinski definition) is 3. The minimum Gasteiger partial charge on any atom is -0.454 e. The van der Waals surface area contributed by atoms with Gasteiger partial charge in [-0.2, -0.15) is 0 Å². The number of amides is 2. The molecule has 9 nitrogen and oxygen atoms in total. The van der Waals surface area contributed by atoms with Crippen LogP contribution >= 0.6 is 0 Å². The summed E-state index contributed by atoms with van der Waals surface area (Å²) in [6.45, 7) is 1.66. The molecule has 170 valence electrons. The van der Waals surface area contributed by atoms with Crippen LogP contribution in [0.5, 0.6) is 11.5 Å². The monoisotopic (exact) mass is 471 g/mol. The van der Waals surface area contributed by atoms with Gasteiger partial charge in [0.05, 0.1) is 10.6 Å². The summed E-state index contributed by atoms with van der Waals surface area (Å²) in [4.78, 5) is 24.8. The molecule has 2 amide bonds. The molecule has 3 aromatic carbocycles. The fourth-order valence-electron chi connectivity index (χ4n) is 3.05. The van der Waals surface area contributed by atoms with Crippen LogP contribution < -0.4 is 25.0 Å². The number of hydrazine groups is 1. The van der Waals surface area contributed by atoms with E-state index in [1.165, 1.54) is 42.5 Å². The van der Waals surface area contributed by atoms with Crippen molar-refractivity contribution < 1.29 is 31.9 Å². The number of hydrogen-bond acceptors (Lipinski definition) is 6. The number of carbonyl (C=O) groups is 2. The van der Waals surface area contributed by atoms with Gasteiger partial charge in [0.15, 0.2) is 11.5 Å². The Kier molecular flexibility index (Phi) is 5.88. The van der Waals surface area contributed by atoms with Gasteiger partial charge in [0.2, 0.25) is 6.79 Å². The molecule has 0 radical (unpaired) electrons. The van der Waals surface area contributed by atoms with Crippen LogP contribution in [-0.2, 0) is 10.0 Å². The van der Waals surface area contributed by atoms with Crippen LogP contribution in [0.3, 0.4) is 0 Å². The Morgan fingerprint density at radius 2 is 1.64 bits per heavy atom. The van der Waals surface area contributed by atoms with Crippen LogP contribution in [0.25, 0.3) is 0 Å². The maximum absolute atomic E-state index is 13.9. The quantitative estimate of drug-likeness (QED) is 0.492. The molecule has 1 aliphatic heterocycles. The zero-order valence-electron chi connectivity index (χ0n) is 17.2. The van der Waals surface area contributed by atoms with E-state index in [1.807, 2.05) is 0 Å². The molecule has 0 saturated heterocycles. The van der Waals surface area contributed by atoms with Gasteiger partial charge in [-0.3, -0.25) is 25.2 Å². The van der Waals surface area contributed by atoms with Gasteiger partial charge in [0, 0.05) is 11.1 Å². The van der Waals surface area contributed by atoms with Crippen molar-refractivity contribution in [2.24, 2.45) is 0 Å². The fraction of sp³-hybridized carbons (Fsp3) is 0.0909. The number of halogens is 1. The van der Waals surface area contributed by atoms with Crippen LogP contribution in [0.2, 0.25) is 0 Å². The molecule has 0 unspecified atom stereocenters. The number of sulfonamides is 1. The molecule has 0 saturated carbocycles. The number of benzene rings is 3. The normalized spacial score (nSPS) is 12.2. The van der Waals surface area contributed by atoms with Crippen molar-refractivity contribution in [3.8, 4) is 11.5 Å². The Morgan fingerprint density at radius 3 is 2.42 bits per heavy atom. The molecule has 0 aliphatic carbocycles. The standard InChI is InChI=1S/C22H18FN3O6S/c1-13-6-8-15(33(29,30)26-18-5-3-2-4-17(18)23)11-16(13)22(28)25-24-21(27)14-7-9-19-20(10-14)32-12-31-19/h2-11,26H,12H2,1H3,(H,24,27)(H,25,28). The summed E-state index contributed by atoms with van der Waals surface area (Å²) < 4.78 is 51.8. The second-order valence-electron chi connectivity index (χ2n) is 7.04. The maximum atomic E-state index is 13.9. The number of fused-ring (bicyclic) bond motifs is 1. The lowest BCUT2D eigenvalue weighted by atomic mass is 10.1. The van der Waals surface area contributed by atoms with Crippen LogP contribution in [0.4, 0.5) is 10.1 Å². The van der Waals surface area contributed by atoms with E-state index in [0.29, 0.717) is 17.1 Å². The number of nitrogens with one attached hydrogen (secondary N) is 3. The summed E-state index contributed by atoms with van der Waals surface area (Å²) in [7, 11) is -4.17. The van der Waals surface area contributed by atoms with Crippen LogP contribution in [0.1, 0.15) is 26.3 Å².